The monoisotopic (exact) mass is 513 g/mol. The molecule has 1 heterocycles. The van der Waals surface area contributed by atoms with Crippen molar-refractivity contribution in [3.05, 3.63) is 96.2 Å². The molecule has 1 atom stereocenters. The van der Waals surface area contributed by atoms with Crippen LogP contribution in [0.15, 0.2) is 84.9 Å². The third-order valence-corrected chi connectivity index (χ3v) is 6.68. The molecule has 1 N–H and O–H groups in total. The number of nitrogens with zero attached hydrogens (tertiary/aromatic N) is 3. The molecule has 3 aromatic carbocycles. The zero-order chi connectivity index (χ0) is 26.3. The predicted octanol–water partition coefficient (Wildman–Crippen LogP) is 5.64. The van der Waals surface area contributed by atoms with Crippen molar-refractivity contribution >= 4 is 0 Å². The Morgan fingerprint density at radius 2 is 1.58 bits per heavy atom. The van der Waals surface area contributed by atoms with Gasteiger partial charge in [-0.3, -0.25) is 4.90 Å². The van der Waals surface area contributed by atoms with Gasteiger partial charge in [-0.2, -0.15) is 5.10 Å². The minimum Gasteiger partial charge on any atom is -0.497 e. The number of aliphatic hydroxyl groups is 1. The molecule has 1 fully saturated rings. The second-order valence-electron chi connectivity index (χ2n) is 9.55. The molecule has 198 valence electrons. The van der Waals surface area contributed by atoms with E-state index in [4.69, 9.17) is 19.3 Å². The number of rotatable bonds is 13. The van der Waals surface area contributed by atoms with Gasteiger partial charge < -0.3 is 19.3 Å². The first-order chi connectivity index (χ1) is 18.6. The van der Waals surface area contributed by atoms with Crippen LogP contribution in [-0.4, -0.2) is 52.2 Å². The molecule has 4 aromatic rings. The van der Waals surface area contributed by atoms with Gasteiger partial charge in [-0.15, -0.1) is 0 Å². The van der Waals surface area contributed by atoms with E-state index >= 15 is 0 Å². The average Bonchev–Trinajstić information content (AvgIpc) is 3.76. The normalized spacial score (nSPS) is 13.9. The summed E-state index contributed by atoms with van der Waals surface area (Å²) in [6.45, 7) is 3.50. The van der Waals surface area contributed by atoms with E-state index in [-0.39, 0.29) is 6.61 Å². The van der Waals surface area contributed by atoms with Gasteiger partial charge in [-0.05, 0) is 67.8 Å². The molecule has 1 saturated carbocycles. The van der Waals surface area contributed by atoms with Gasteiger partial charge in [0.1, 0.15) is 30.0 Å². The van der Waals surface area contributed by atoms with E-state index in [9.17, 15) is 5.11 Å². The van der Waals surface area contributed by atoms with Crippen LogP contribution in [0.4, 0.5) is 0 Å². The van der Waals surface area contributed by atoms with E-state index in [1.807, 2.05) is 89.6 Å². The minimum absolute atomic E-state index is 0.242. The lowest BCUT2D eigenvalue weighted by Gasteiger charge is -2.25. The van der Waals surface area contributed by atoms with Gasteiger partial charge >= 0.3 is 0 Å². The van der Waals surface area contributed by atoms with E-state index in [1.165, 1.54) is 0 Å². The molecule has 1 aliphatic rings. The molecule has 0 amide bonds. The van der Waals surface area contributed by atoms with Crippen molar-refractivity contribution in [3.8, 4) is 28.8 Å². The van der Waals surface area contributed by atoms with Crippen LogP contribution in [0, 0.1) is 0 Å². The SMILES string of the molecule is CCc1nn(-c2ccccc2)c(Oc2ccc(OC)cc2)c1CN(C[C@H](O)COc1ccccc1)C1CC1. The lowest BCUT2D eigenvalue weighted by atomic mass is 10.1. The first kappa shape index (κ1) is 25.8. The summed E-state index contributed by atoms with van der Waals surface area (Å²) in [5.41, 5.74) is 2.96. The van der Waals surface area contributed by atoms with Crippen LogP contribution >= 0.6 is 0 Å². The number of para-hydroxylation sites is 2. The lowest BCUT2D eigenvalue weighted by molar-refractivity contribution is 0.0623. The number of aryl methyl sites for hydroxylation is 1. The number of hydrogen-bond acceptors (Lipinski definition) is 6. The van der Waals surface area contributed by atoms with E-state index < -0.39 is 6.10 Å². The molecule has 0 spiro atoms. The summed E-state index contributed by atoms with van der Waals surface area (Å²) in [6.07, 6.45) is 2.40. The van der Waals surface area contributed by atoms with Crippen LogP contribution in [-0.2, 0) is 13.0 Å². The van der Waals surface area contributed by atoms with Crippen LogP contribution in [0.25, 0.3) is 5.69 Å². The van der Waals surface area contributed by atoms with Gasteiger partial charge in [0.15, 0.2) is 0 Å². The van der Waals surface area contributed by atoms with E-state index in [0.29, 0.717) is 30.8 Å². The topological polar surface area (TPSA) is 69.0 Å². The summed E-state index contributed by atoms with van der Waals surface area (Å²) < 4.78 is 19.5. The number of aliphatic hydroxyl groups excluding tert-OH is 1. The summed E-state index contributed by atoms with van der Waals surface area (Å²) in [5.74, 6) is 2.94. The Kier molecular flexibility index (Phi) is 8.26. The largest absolute Gasteiger partial charge is 0.497 e. The van der Waals surface area contributed by atoms with Crippen molar-refractivity contribution in [1.82, 2.24) is 14.7 Å². The Bertz CT molecular complexity index is 1290. The van der Waals surface area contributed by atoms with E-state index in [1.54, 1.807) is 7.11 Å². The van der Waals surface area contributed by atoms with E-state index in [0.717, 1.165) is 47.7 Å². The molecule has 38 heavy (non-hydrogen) atoms. The molecule has 0 aliphatic heterocycles. The van der Waals surface area contributed by atoms with Crippen LogP contribution < -0.4 is 14.2 Å². The van der Waals surface area contributed by atoms with Crippen molar-refractivity contribution in [2.75, 3.05) is 20.3 Å². The fourth-order valence-corrected chi connectivity index (χ4v) is 4.54. The fraction of sp³-hybridized carbons (Fsp3) is 0.323. The quantitative estimate of drug-likeness (QED) is 0.250. The first-order valence-corrected chi connectivity index (χ1v) is 13.2. The Labute approximate surface area is 224 Å². The zero-order valence-electron chi connectivity index (χ0n) is 22.0. The van der Waals surface area contributed by atoms with Gasteiger partial charge in [0.05, 0.1) is 24.1 Å². The predicted molar refractivity (Wildman–Crippen MR) is 147 cm³/mol. The van der Waals surface area contributed by atoms with Gasteiger partial charge in [0, 0.05) is 19.1 Å². The smallest absolute Gasteiger partial charge is 0.227 e. The maximum Gasteiger partial charge on any atom is 0.227 e. The van der Waals surface area contributed by atoms with Crippen molar-refractivity contribution in [2.24, 2.45) is 0 Å². The molecule has 0 bridgehead atoms. The standard InChI is InChI=1S/C31H35N3O4/c1-3-30-29(21-33(23-14-15-23)20-25(35)22-37-27-12-8-5-9-13-27)31(34(32-30)24-10-6-4-7-11-24)38-28-18-16-26(36-2)17-19-28/h4-13,16-19,23,25,35H,3,14-15,20-22H2,1-2H3/t25-/m0/s1. The number of aromatic nitrogens is 2. The highest BCUT2D eigenvalue weighted by atomic mass is 16.5. The minimum atomic E-state index is -0.615. The Morgan fingerprint density at radius 3 is 2.21 bits per heavy atom. The number of hydrogen-bond donors (Lipinski definition) is 1. The van der Waals surface area contributed by atoms with Crippen LogP contribution in [0.5, 0.6) is 23.1 Å². The molecule has 0 unspecified atom stereocenters. The van der Waals surface area contributed by atoms with Crippen molar-refractivity contribution in [2.45, 2.75) is 44.9 Å². The summed E-state index contributed by atoms with van der Waals surface area (Å²) in [6, 6.07) is 27.7. The van der Waals surface area contributed by atoms with Crippen molar-refractivity contribution < 1.29 is 19.3 Å². The highest BCUT2D eigenvalue weighted by Gasteiger charge is 2.33. The molecule has 0 saturated heterocycles. The number of ether oxygens (including phenoxy) is 3. The van der Waals surface area contributed by atoms with Crippen molar-refractivity contribution in [3.63, 3.8) is 0 Å². The van der Waals surface area contributed by atoms with Gasteiger partial charge in [0.25, 0.3) is 0 Å². The molecule has 7 nitrogen and oxygen atoms in total. The molecule has 0 radical (unpaired) electrons. The van der Waals surface area contributed by atoms with Crippen molar-refractivity contribution in [1.29, 1.82) is 0 Å². The third kappa shape index (κ3) is 6.36. The molecule has 1 aliphatic carbocycles. The summed E-state index contributed by atoms with van der Waals surface area (Å²) in [4.78, 5) is 2.34. The van der Waals surface area contributed by atoms with Gasteiger partial charge in [-0.25, -0.2) is 4.68 Å². The van der Waals surface area contributed by atoms with Crippen LogP contribution in [0.2, 0.25) is 0 Å². The zero-order valence-corrected chi connectivity index (χ0v) is 22.0. The Balaban J connectivity index is 1.41. The molecule has 5 rings (SSSR count). The van der Waals surface area contributed by atoms with Gasteiger partial charge in [0.2, 0.25) is 5.88 Å². The van der Waals surface area contributed by atoms with Crippen LogP contribution in [0.3, 0.4) is 0 Å². The maximum atomic E-state index is 10.9. The second kappa shape index (κ2) is 12.2. The summed E-state index contributed by atoms with van der Waals surface area (Å²) >= 11 is 0. The summed E-state index contributed by atoms with van der Waals surface area (Å²) in [7, 11) is 1.65. The fourth-order valence-electron chi connectivity index (χ4n) is 4.54. The van der Waals surface area contributed by atoms with Crippen LogP contribution in [0.1, 0.15) is 31.0 Å². The molecular formula is C31H35N3O4. The lowest BCUT2D eigenvalue weighted by Crippen LogP contribution is -2.37. The Morgan fingerprint density at radius 1 is 0.921 bits per heavy atom. The Hall–Kier alpha value is -3.81. The molecule has 1 aromatic heterocycles. The third-order valence-electron chi connectivity index (χ3n) is 6.68. The summed E-state index contributed by atoms with van der Waals surface area (Å²) in [5, 5.41) is 15.8. The number of methoxy groups -OCH3 is 1. The molecular weight excluding hydrogens is 478 g/mol. The van der Waals surface area contributed by atoms with E-state index in [2.05, 4.69) is 11.8 Å². The average molecular weight is 514 g/mol. The maximum absolute atomic E-state index is 10.9. The van der Waals surface area contributed by atoms with Gasteiger partial charge in [-0.1, -0.05) is 43.3 Å². The number of benzene rings is 3. The first-order valence-electron chi connectivity index (χ1n) is 13.2. The molecule has 7 heteroatoms. The highest BCUT2D eigenvalue weighted by molar-refractivity contribution is 5.44. The second-order valence-corrected chi connectivity index (χ2v) is 9.55. The highest BCUT2D eigenvalue weighted by Crippen LogP contribution is 2.36.